The number of rotatable bonds is 15. The van der Waals surface area contributed by atoms with Crippen molar-refractivity contribution >= 4 is 29.7 Å². The SMILES string of the molecule is NCCCCC(NC(=O)C(CC(=O)O)NC(=O)C(Cc1ccc(O)cc1)NC(=O)CN)C(=O)O. The number of hydrogen-bond acceptors (Lipinski definition) is 8. The van der Waals surface area contributed by atoms with Crippen LogP contribution >= 0.6 is 0 Å². The van der Waals surface area contributed by atoms with Crippen molar-refractivity contribution in [2.45, 2.75) is 50.2 Å². The molecule has 13 nitrogen and oxygen atoms in total. The molecule has 3 unspecified atom stereocenters. The van der Waals surface area contributed by atoms with Gasteiger partial charge in [-0.1, -0.05) is 12.1 Å². The topological polar surface area (TPSA) is 234 Å². The third kappa shape index (κ3) is 10.3. The van der Waals surface area contributed by atoms with E-state index in [4.69, 9.17) is 11.5 Å². The summed E-state index contributed by atoms with van der Waals surface area (Å²) in [6, 6.07) is 1.69. The zero-order valence-corrected chi connectivity index (χ0v) is 18.5. The van der Waals surface area contributed by atoms with Crippen molar-refractivity contribution in [3.05, 3.63) is 29.8 Å². The Morgan fingerprint density at radius 2 is 1.41 bits per heavy atom. The van der Waals surface area contributed by atoms with Gasteiger partial charge < -0.3 is 42.7 Å². The van der Waals surface area contributed by atoms with E-state index in [9.17, 15) is 39.3 Å². The lowest BCUT2D eigenvalue weighted by Gasteiger charge is -2.24. The Hall–Kier alpha value is -3.71. The molecule has 0 aliphatic heterocycles. The maximum Gasteiger partial charge on any atom is 0.326 e. The molecule has 0 heterocycles. The highest BCUT2D eigenvalue weighted by molar-refractivity contribution is 5.95. The van der Waals surface area contributed by atoms with Gasteiger partial charge in [-0.25, -0.2) is 4.79 Å². The quantitative estimate of drug-likeness (QED) is 0.129. The summed E-state index contributed by atoms with van der Waals surface area (Å²) in [5, 5.41) is 34.8. The predicted molar refractivity (Wildman–Crippen MR) is 119 cm³/mol. The van der Waals surface area contributed by atoms with Crippen LogP contribution in [0.25, 0.3) is 0 Å². The smallest absolute Gasteiger partial charge is 0.326 e. The fourth-order valence-corrected chi connectivity index (χ4v) is 3.01. The van der Waals surface area contributed by atoms with E-state index >= 15 is 0 Å². The second kappa shape index (κ2) is 14.4. The Morgan fingerprint density at radius 3 is 1.94 bits per heavy atom. The largest absolute Gasteiger partial charge is 0.508 e. The van der Waals surface area contributed by atoms with Gasteiger partial charge in [-0.05, 0) is 43.5 Å². The van der Waals surface area contributed by atoms with Crippen LogP contribution in [0.3, 0.4) is 0 Å². The highest BCUT2D eigenvalue weighted by Gasteiger charge is 2.31. The number of phenols is 1. The van der Waals surface area contributed by atoms with Gasteiger partial charge in [0.25, 0.3) is 0 Å². The molecular formula is C21H31N5O8. The van der Waals surface area contributed by atoms with E-state index < -0.39 is 60.8 Å². The number of carboxylic acids is 2. The highest BCUT2D eigenvalue weighted by Crippen LogP contribution is 2.12. The van der Waals surface area contributed by atoms with Gasteiger partial charge in [-0.3, -0.25) is 19.2 Å². The minimum Gasteiger partial charge on any atom is -0.508 e. The lowest BCUT2D eigenvalue weighted by molar-refractivity contribution is -0.143. The summed E-state index contributed by atoms with van der Waals surface area (Å²) in [4.78, 5) is 60.1. The molecule has 3 atom stereocenters. The van der Waals surface area contributed by atoms with Crippen molar-refractivity contribution in [2.75, 3.05) is 13.1 Å². The van der Waals surface area contributed by atoms with Crippen LogP contribution in [0.1, 0.15) is 31.2 Å². The molecule has 0 saturated heterocycles. The Morgan fingerprint density at radius 1 is 0.824 bits per heavy atom. The Balaban J connectivity index is 3.00. The number of amides is 3. The first-order chi connectivity index (χ1) is 16.1. The molecule has 0 saturated carbocycles. The second-order valence-corrected chi connectivity index (χ2v) is 7.54. The van der Waals surface area contributed by atoms with Crippen LogP contribution in [0.2, 0.25) is 0 Å². The number of aromatic hydroxyl groups is 1. The number of unbranched alkanes of at least 4 members (excludes halogenated alkanes) is 1. The number of hydrogen-bond donors (Lipinski definition) is 8. The van der Waals surface area contributed by atoms with Crippen molar-refractivity contribution in [3.63, 3.8) is 0 Å². The van der Waals surface area contributed by atoms with Crippen LogP contribution in [-0.4, -0.2) is 76.2 Å². The zero-order valence-electron chi connectivity index (χ0n) is 18.5. The van der Waals surface area contributed by atoms with E-state index in [0.29, 0.717) is 24.9 Å². The summed E-state index contributed by atoms with van der Waals surface area (Å²) in [5.41, 5.74) is 11.2. The standard InChI is InChI=1S/C21H31N5O8/c22-8-2-1-3-14(21(33)34)25-20(32)16(10-18(29)30)26-19(31)15(24-17(28)11-23)9-12-4-6-13(27)7-5-12/h4-7,14-16,27H,1-3,8-11,22-23H2,(H,24,28)(H,25,32)(H,26,31)(H,29,30)(H,33,34). The fraction of sp³-hybridized carbons (Fsp3) is 0.476. The Bertz CT molecular complexity index is 861. The summed E-state index contributed by atoms with van der Waals surface area (Å²) in [6.45, 7) is -0.0730. The second-order valence-electron chi connectivity index (χ2n) is 7.54. The zero-order chi connectivity index (χ0) is 25.7. The molecule has 0 bridgehead atoms. The first-order valence-electron chi connectivity index (χ1n) is 10.6. The van der Waals surface area contributed by atoms with Crippen molar-refractivity contribution in [3.8, 4) is 5.75 Å². The van der Waals surface area contributed by atoms with Crippen LogP contribution in [0, 0.1) is 0 Å². The molecule has 0 spiro atoms. The Labute approximate surface area is 195 Å². The van der Waals surface area contributed by atoms with Crippen LogP contribution in [0.4, 0.5) is 0 Å². The molecule has 0 fully saturated rings. The number of benzene rings is 1. The van der Waals surface area contributed by atoms with Gasteiger partial charge in [0, 0.05) is 6.42 Å². The summed E-state index contributed by atoms with van der Waals surface area (Å²) in [7, 11) is 0. The molecule has 34 heavy (non-hydrogen) atoms. The van der Waals surface area contributed by atoms with Crippen molar-refractivity contribution in [1.29, 1.82) is 0 Å². The van der Waals surface area contributed by atoms with Crippen molar-refractivity contribution in [2.24, 2.45) is 11.5 Å². The van der Waals surface area contributed by atoms with Crippen LogP contribution in [0.5, 0.6) is 5.75 Å². The van der Waals surface area contributed by atoms with Gasteiger partial charge in [-0.15, -0.1) is 0 Å². The van der Waals surface area contributed by atoms with Crippen LogP contribution < -0.4 is 27.4 Å². The number of nitrogens with two attached hydrogens (primary N) is 2. The first-order valence-corrected chi connectivity index (χ1v) is 10.6. The lowest BCUT2D eigenvalue weighted by Crippen LogP contribution is -2.57. The summed E-state index contributed by atoms with van der Waals surface area (Å²) >= 11 is 0. The molecule has 0 aliphatic rings. The van der Waals surface area contributed by atoms with E-state index in [0.717, 1.165) is 0 Å². The number of carbonyl (C=O) groups excluding carboxylic acids is 3. The number of phenolic OH excluding ortho intramolecular Hbond substituents is 1. The maximum absolute atomic E-state index is 12.9. The monoisotopic (exact) mass is 481 g/mol. The van der Waals surface area contributed by atoms with E-state index in [2.05, 4.69) is 16.0 Å². The Kier molecular flexibility index (Phi) is 12.0. The molecule has 1 aromatic carbocycles. The van der Waals surface area contributed by atoms with E-state index in [-0.39, 0.29) is 18.6 Å². The fourth-order valence-electron chi connectivity index (χ4n) is 3.01. The number of nitrogens with one attached hydrogen (secondary N) is 3. The predicted octanol–water partition coefficient (Wildman–Crippen LogP) is -1.96. The van der Waals surface area contributed by atoms with E-state index in [1.807, 2.05) is 0 Å². The normalized spacial score (nSPS) is 13.2. The maximum atomic E-state index is 12.9. The molecule has 1 aromatic rings. The molecule has 0 radical (unpaired) electrons. The summed E-state index contributed by atoms with van der Waals surface area (Å²) < 4.78 is 0. The highest BCUT2D eigenvalue weighted by atomic mass is 16.4. The molecule has 13 heteroatoms. The molecular weight excluding hydrogens is 450 g/mol. The van der Waals surface area contributed by atoms with E-state index in [1.54, 1.807) is 0 Å². The molecule has 0 aliphatic carbocycles. The molecule has 10 N–H and O–H groups in total. The van der Waals surface area contributed by atoms with Gasteiger partial charge in [0.15, 0.2) is 0 Å². The number of carboxylic acid groups (broad SMARTS) is 2. The molecule has 188 valence electrons. The molecule has 3 amide bonds. The lowest BCUT2D eigenvalue weighted by atomic mass is 10.0. The number of aliphatic carboxylic acids is 2. The minimum absolute atomic E-state index is 0.00612. The van der Waals surface area contributed by atoms with Gasteiger partial charge in [0.1, 0.15) is 23.9 Å². The molecule has 0 aromatic heterocycles. The van der Waals surface area contributed by atoms with Gasteiger partial charge in [0.2, 0.25) is 17.7 Å². The van der Waals surface area contributed by atoms with Crippen LogP contribution in [-0.2, 0) is 30.4 Å². The third-order valence-electron chi connectivity index (χ3n) is 4.79. The molecule has 1 rings (SSSR count). The van der Waals surface area contributed by atoms with Crippen LogP contribution in [0.15, 0.2) is 24.3 Å². The van der Waals surface area contributed by atoms with Gasteiger partial charge in [-0.2, -0.15) is 0 Å². The average molecular weight is 482 g/mol. The summed E-state index contributed by atoms with van der Waals surface area (Å²) in [6.07, 6.45) is 0.167. The van der Waals surface area contributed by atoms with Crippen molar-refractivity contribution < 1.29 is 39.3 Å². The minimum atomic E-state index is -1.60. The first kappa shape index (κ1) is 28.3. The van der Waals surface area contributed by atoms with E-state index in [1.165, 1.54) is 24.3 Å². The number of carbonyl (C=O) groups is 5. The average Bonchev–Trinajstić information content (AvgIpc) is 2.78. The van der Waals surface area contributed by atoms with Gasteiger partial charge in [0.05, 0.1) is 13.0 Å². The van der Waals surface area contributed by atoms with Gasteiger partial charge >= 0.3 is 11.9 Å². The summed E-state index contributed by atoms with van der Waals surface area (Å²) in [5.74, 6) is -5.25. The van der Waals surface area contributed by atoms with Crippen molar-refractivity contribution in [1.82, 2.24) is 16.0 Å². The third-order valence-corrected chi connectivity index (χ3v) is 4.79.